The molecule has 5 heteroatoms. The number of carbonyl (C=O) groups excluding carboxylic acids is 1. The van der Waals surface area contributed by atoms with E-state index < -0.39 is 12.0 Å². The Bertz CT molecular complexity index is 277. The van der Waals surface area contributed by atoms with E-state index in [1.165, 1.54) is 11.9 Å². The van der Waals surface area contributed by atoms with Gasteiger partial charge in [-0.25, -0.2) is 9.59 Å². The van der Waals surface area contributed by atoms with Gasteiger partial charge < -0.3 is 15.3 Å². The zero-order chi connectivity index (χ0) is 13.6. The zero-order valence-electron chi connectivity index (χ0n) is 11.4. The van der Waals surface area contributed by atoms with Crippen molar-refractivity contribution in [1.82, 2.24) is 10.2 Å². The Balaban J connectivity index is 4.36. The van der Waals surface area contributed by atoms with Gasteiger partial charge >= 0.3 is 12.0 Å². The minimum Gasteiger partial charge on any atom is -0.480 e. The number of carboxylic acid groups (broad SMARTS) is 1. The van der Waals surface area contributed by atoms with Crippen LogP contribution in [-0.4, -0.2) is 41.6 Å². The predicted octanol–water partition coefficient (Wildman–Crippen LogP) is 1.93. The summed E-state index contributed by atoms with van der Waals surface area (Å²) in [6, 6.07) is -1.10. The molecule has 5 nitrogen and oxygen atoms in total. The molecular formula is C12H24N2O3. The summed E-state index contributed by atoms with van der Waals surface area (Å²) in [5, 5.41) is 11.7. The lowest BCUT2D eigenvalue weighted by atomic mass is 9.90. The Labute approximate surface area is 103 Å². The molecule has 1 atom stereocenters. The first-order chi connectivity index (χ1) is 7.75. The molecule has 100 valence electrons. The maximum absolute atomic E-state index is 11.8. The fourth-order valence-corrected chi connectivity index (χ4v) is 1.32. The molecule has 0 aromatic heterocycles. The smallest absolute Gasteiger partial charge is 0.326 e. The standard InChI is InChI=1S/C12H24N2O3/c1-6-9(10(15)16)14(5)11(17)13-8-12(3,4)7-2/h9H,6-8H2,1-5H3,(H,13,17)(H,15,16). The molecule has 2 N–H and O–H groups in total. The van der Waals surface area contributed by atoms with Crippen LogP contribution in [0.4, 0.5) is 4.79 Å². The van der Waals surface area contributed by atoms with Gasteiger partial charge in [0.1, 0.15) is 6.04 Å². The van der Waals surface area contributed by atoms with Crippen molar-refractivity contribution in [2.24, 2.45) is 5.41 Å². The van der Waals surface area contributed by atoms with Crippen LogP contribution in [0.15, 0.2) is 0 Å². The van der Waals surface area contributed by atoms with Crippen molar-refractivity contribution in [3.05, 3.63) is 0 Å². The average Bonchev–Trinajstić information content (AvgIpc) is 2.26. The van der Waals surface area contributed by atoms with Crippen molar-refractivity contribution in [3.8, 4) is 0 Å². The maximum Gasteiger partial charge on any atom is 0.326 e. The van der Waals surface area contributed by atoms with E-state index in [0.717, 1.165) is 6.42 Å². The Hall–Kier alpha value is -1.26. The van der Waals surface area contributed by atoms with Crippen molar-refractivity contribution in [2.45, 2.75) is 46.6 Å². The van der Waals surface area contributed by atoms with Crippen LogP contribution in [0.1, 0.15) is 40.5 Å². The lowest BCUT2D eigenvalue weighted by molar-refractivity contribution is -0.141. The van der Waals surface area contributed by atoms with E-state index in [9.17, 15) is 9.59 Å². The Kier molecular flexibility index (Phi) is 5.99. The molecule has 0 aromatic rings. The van der Waals surface area contributed by atoms with Gasteiger partial charge in [-0.15, -0.1) is 0 Å². The molecule has 0 saturated heterocycles. The molecule has 0 bridgehead atoms. The second-order valence-electron chi connectivity index (χ2n) is 5.05. The van der Waals surface area contributed by atoms with E-state index in [1.807, 2.05) is 0 Å². The summed E-state index contributed by atoms with van der Waals surface area (Å²) in [4.78, 5) is 23.9. The molecule has 2 amide bonds. The van der Waals surface area contributed by atoms with Gasteiger partial charge in [0.05, 0.1) is 0 Å². The first-order valence-electron chi connectivity index (χ1n) is 5.98. The van der Waals surface area contributed by atoms with Crippen LogP contribution in [0.5, 0.6) is 0 Å². The lowest BCUT2D eigenvalue weighted by Gasteiger charge is -2.28. The van der Waals surface area contributed by atoms with Gasteiger partial charge in [0.25, 0.3) is 0 Å². The summed E-state index contributed by atoms with van der Waals surface area (Å²) in [7, 11) is 1.51. The molecule has 17 heavy (non-hydrogen) atoms. The average molecular weight is 244 g/mol. The van der Waals surface area contributed by atoms with E-state index in [1.54, 1.807) is 6.92 Å². The highest BCUT2D eigenvalue weighted by molar-refractivity contribution is 5.82. The molecular weight excluding hydrogens is 220 g/mol. The number of hydrogen-bond acceptors (Lipinski definition) is 2. The molecule has 0 heterocycles. The maximum atomic E-state index is 11.8. The topological polar surface area (TPSA) is 69.6 Å². The number of carboxylic acids is 1. The molecule has 0 aromatic carbocycles. The van der Waals surface area contributed by atoms with Gasteiger partial charge in [-0.05, 0) is 18.3 Å². The van der Waals surface area contributed by atoms with Gasteiger partial charge in [-0.1, -0.05) is 27.7 Å². The first-order valence-corrected chi connectivity index (χ1v) is 5.98. The number of rotatable bonds is 6. The summed E-state index contributed by atoms with van der Waals surface area (Å²) in [5.74, 6) is -0.972. The van der Waals surface area contributed by atoms with Gasteiger partial charge in [0.15, 0.2) is 0 Å². The van der Waals surface area contributed by atoms with E-state index >= 15 is 0 Å². The molecule has 0 radical (unpaired) electrons. The van der Waals surface area contributed by atoms with Crippen molar-refractivity contribution in [1.29, 1.82) is 0 Å². The minimum atomic E-state index is -0.972. The Morgan fingerprint density at radius 1 is 1.35 bits per heavy atom. The van der Waals surface area contributed by atoms with Crippen LogP contribution in [0.25, 0.3) is 0 Å². The van der Waals surface area contributed by atoms with Gasteiger partial charge in [-0.2, -0.15) is 0 Å². The van der Waals surface area contributed by atoms with E-state index in [4.69, 9.17) is 5.11 Å². The van der Waals surface area contributed by atoms with E-state index in [0.29, 0.717) is 13.0 Å². The quantitative estimate of drug-likeness (QED) is 0.750. The lowest BCUT2D eigenvalue weighted by Crippen LogP contribution is -2.48. The normalized spacial score (nSPS) is 13.0. The molecule has 0 aliphatic rings. The fourth-order valence-electron chi connectivity index (χ4n) is 1.32. The third-order valence-corrected chi connectivity index (χ3v) is 3.13. The van der Waals surface area contributed by atoms with Crippen LogP contribution >= 0.6 is 0 Å². The monoisotopic (exact) mass is 244 g/mol. The third kappa shape index (κ3) is 5.06. The van der Waals surface area contributed by atoms with Crippen LogP contribution in [0, 0.1) is 5.41 Å². The van der Waals surface area contributed by atoms with Crippen molar-refractivity contribution < 1.29 is 14.7 Å². The van der Waals surface area contributed by atoms with Crippen molar-refractivity contribution in [3.63, 3.8) is 0 Å². The predicted molar refractivity (Wildman–Crippen MR) is 66.9 cm³/mol. The summed E-state index contributed by atoms with van der Waals surface area (Å²) >= 11 is 0. The highest BCUT2D eigenvalue weighted by atomic mass is 16.4. The first kappa shape index (κ1) is 15.7. The number of amides is 2. The molecule has 1 unspecified atom stereocenters. The van der Waals surface area contributed by atoms with Gasteiger partial charge in [0.2, 0.25) is 0 Å². The highest BCUT2D eigenvalue weighted by Gasteiger charge is 2.25. The number of nitrogens with one attached hydrogen (secondary N) is 1. The third-order valence-electron chi connectivity index (χ3n) is 3.13. The van der Waals surface area contributed by atoms with Crippen molar-refractivity contribution in [2.75, 3.05) is 13.6 Å². The Morgan fingerprint density at radius 3 is 2.24 bits per heavy atom. The SMILES string of the molecule is CCC(C(=O)O)N(C)C(=O)NCC(C)(C)CC. The van der Waals surface area contributed by atoms with Crippen LogP contribution < -0.4 is 5.32 Å². The summed E-state index contributed by atoms with van der Waals surface area (Å²) in [6.07, 6.45) is 1.35. The summed E-state index contributed by atoms with van der Waals surface area (Å²) in [6.45, 7) is 8.47. The van der Waals surface area contributed by atoms with Gasteiger partial charge in [0, 0.05) is 13.6 Å². The number of aliphatic carboxylic acids is 1. The number of nitrogens with zero attached hydrogens (tertiary/aromatic N) is 1. The molecule has 0 aliphatic heterocycles. The molecule has 0 fully saturated rings. The molecule has 0 rings (SSSR count). The van der Waals surface area contributed by atoms with Crippen LogP contribution in [0.2, 0.25) is 0 Å². The summed E-state index contributed by atoms with van der Waals surface area (Å²) in [5.41, 5.74) is 0.0292. The molecule has 0 spiro atoms. The molecule has 0 aliphatic carbocycles. The molecule has 0 saturated carbocycles. The number of likely N-dealkylation sites (N-methyl/N-ethyl adjacent to an activating group) is 1. The second kappa shape index (κ2) is 6.47. The Morgan fingerprint density at radius 2 is 1.88 bits per heavy atom. The van der Waals surface area contributed by atoms with E-state index in [-0.39, 0.29) is 11.4 Å². The van der Waals surface area contributed by atoms with Gasteiger partial charge in [-0.3, -0.25) is 0 Å². The number of hydrogen-bond donors (Lipinski definition) is 2. The summed E-state index contributed by atoms with van der Waals surface area (Å²) < 4.78 is 0. The second-order valence-corrected chi connectivity index (χ2v) is 5.05. The number of urea groups is 1. The largest absolute Gasteiger partial charge is 0.480 e. The van der Waals surface area contributed by atoms with Crippen molar-refractivity contribution >= 4 is 12.0 Å². The highest BCUT2D eigenvalue weighted by Crippen LogP contribution is 2.17. The minimum absolute atomic E-state index is 0.0292. The van der Waals surface area contributed by atoms with Crippen LogP contribution in [0.3, 0.4) is 0 Å². The van der Waals surface area contributed by atoms with E-state index in [2.05, 4.69) is 26.1 Å². The van der Waals surface area contributed by atoms with Crippen LogP contribution in [-0.2, 0) is 4.79 Å². The fraction of sp³-hybridized carbons (Fsp3) is 0.833. The zero-order valence-corrected chi connectivity index (χ0v) is 11.4. The number of carbonyl (C=O) groups is 2.